The zero-order valence-electron chi connectivity index (χ0n) is 10.8. The molecule has 1 aliphatic rings. The number of aliphatic hydroxyl groups is 1. The summed E-state index contributed by atoms with van der Waals surface area (Å²) in [5.41, 5.74) is 2.63. The first-order valence-electron chi connectivity index (χ1n) is 6.60. The van der Waals surface area contributed by atoms with Crippen LogP contribution in [0.3, 0.4) is 0 Å². The Kier molecular flexibility index (Phi) is 3.68. The molecule has 17 heavy (non-hydrogen) atoms. The van der Waals surface area contributed by atoms with E-state index in [1.807, 2.05) is 0 Å². The summed E-state index contributed by atoms with van der Waals surface area (Å²) in [6.45, 7) is 4.62. The highest BCUT2D eigenvalue weighted by Crippen LogP contribution is 2.45. The Morgan fingerprint density at radius 1 is 1.29 bits per heavy atom. The Morgan fingerprint density at radius 3 is 2.76 bits per heavy atom. The largest absolute Gasteiger partial charge is 0.395 e. The third-order valence-corrected chi connectivity index (χ3v) is 4.00. The highest BCUT2D eigenvalue weighted by atomic mass is 16.3. The van der Waals surface area contributed by atoms with Gasteiger partial charge in [0.2, 0.25) is 0 Å². The van der Waals surface area contributed by atoms with Crippen LogP contribution in [0.25, 0.3) is 6.08 Å². The quantitative estimate of drug-likeness (QED) is 0.829. The van der Waals surface area contributed by atoms with Crippen LogP contribution in [-0.2, 0) is 0 Å². The zero-order chi connectivity index (χ0) is 12.3. The summed E-state index contributed by atoms with van der Waals surface area (Å²) in [6, 6.07) is 8.57. The first kappa shape index (κ1) is 12.4. The van der Waals surface area contributed by atoms with Crippen LogP contribution in [0, 0.1) is 5.41 Å². The minimum Gasteiger partial charge on any atom is -0.395 e. The van der Waals surface area contributed by atoms with Crippen LogP contribution in [0.4, 0.5) is 0 Å². The average Bonchev–Trinajstić information content (AvgIpc) is 2.38. The predicted molar refractivity (Wildman–Crippen MR) is 72.9 cm³/mol. The lowest BCUT2D eigenvalue weighted by molar-refractivity contribution is 0.150. The number of unbranched alkanes of at least 4 members (excludes halogenated alkanes) is 1. The maximum atomic E-state index is 9.69. The van der Waals surface area contributed by atoms with Gasteiger partial charge in [0.15, 0.2) is 0 Å². The molecule has 0 bridgehead atoms. The molecular formula is C16H22O. The summed E-state index contributed by atoms with van der Waals surface area (Å²) in [6.07, 6.45) is 7.95. The number of aliphatic hydroxyl groups excluding tert-OH is 1. The Bertz CT molecular complexity index is 408. The van der Waals surface area contributed by atoms with Crippen molar-refractivity contribution in [2.75, 3.05) is 6.61 Å². The first-order valence-corrected chi connectivity index (χ1v) is 6.60. The van der Waals surface area contributed by atoms with Crippen LogP contribution in [0.1, 0.15) is 50.2 Å². The predicted octanol–water partition coefficient (Wildman–Crippen LogP) is 3.99. The molecule has 1 aliphatic carbocycles. The van der Waals surface area contributed by atoms with Gasteiger partial charge in [0, 0.05) is 5.41 Å². The lowest BCUT2D eigenvalue weighted by Gasteiger charge is -2.38. The molecule has 92 valence electrons. The van der Waals surface area contributed by atoms with E-state index < -0.39 is 0 Å². The van der Waals surface area contributed by atoms with E-state index in [1.165, 1.54) is 24.0 Å². The summed E-state index contributed by atoms with van der Waals surface area (Å²) in [4.78, 5) is 0. The van der Waals surface area contributed by atoms with Crippen molar-refractivity contribution in [3.63, 3.8) is 0 Å². The van der Waals surface area contributed by atoms with Crippen LogP contribution in [0.5, 0.6) is 0 Å². The van der Waals surface area contributed by atoms with Crippen LogP contribution >= 0.6 is 0 Å². The summed E-state index contributed by atoms with van der Waals surface area (Å²) in [5, 5.41) is 9.69. The summed E-state index contributed by atoms with van der Waals surface area (Å²) < 4.78 is 0. The van der Waals surface area contributed by atoms with Crippen LogP contribution in [0.2, 0.25) is 0 Å². The van der Waals surface area contributed by atoms with E-state index in [9.17, 15) is 5.11 Å². The minimum atomic E-state index is -0.0937. The molecule has 0 saturated carbocycles. The Morgan fingerprint density at radius 2 is 2.06 bits per heavy atom. The molecule has 1 aromatic rings. The van der Waals surface area contributed by atoms with Crippen LogP contribution in [-0.4, -0.2) is 11.7 Å². The Hall–Kier alpha value is -1.08. The van der Waals surface area contributed by atoms with Gasteiger partial charge in [0.25, 0.3) is 0 Å². The monoisotopic (exact) mass is 230 g/mol. The average molecular weight is 230 g/mol. The van der Waals surface area contributed by atoms with E-state index >= 15 is 0 Å². The molecule has 2 atom stereocenters. The molecule has 0 radical (unpaired) electrons. The molecule has 0 fully saturated rings. The van der Waals surface area contributed by atoms with Gasteiger partial charge in [-0.25, -0.2) is 0 Å². The van der Waals surface area contributed by atoms with Crippen molar-refractivity contribution in [3.05, 3.63) is 41.5 Å². The second-order valence-corrected chi connectivity index (χ2v) is 5.32. The fourth-order valence-corrected chi connectivity index (χ4v) is 2.79. The van der Waals surface area contributed by atoms with Crippen molar-refractivity contribution in [1.82, 2.24) is 0 Å². The van der Waals surface area contributed by atoms with Crippen molar-refractivity contribution in [3.8, 4) is 0 Å². The molecule has 1 heteroatoms. The van der Waals surface area contributed by atoms with Gasteiger partial charge < -0.3 is 5.11 Å². The molecule has 0 heterocycles. The molecular weight excluding hydrogens is 208 g/mol. The van der Waals surface area contributed by atoms with Crippen molar-refractivity contribution >= 4 is 6.08 Å². The molecule has 2 rings (SSSR count). The number of hydrogen-bond acceptors (Lipinski definition) is 1. The van der Waals surface area contributed by atoms with E-state index in [4.69, 9.17) is 0 Å². The van der Waals surface area contributed by atoms with E-state index in [1.54, 1.807) is 0 Å². The van der Waals surface area contributed by atoms with Gasteiger partial charge in [-0.1, -0.05) is 63.1 Å². The number of benzene rings is 1. The number of fused-ring (bicyclic) bond motifs is 1. The maximum absolute atomic E-state index is 9.69. The lowest BCUT2D eigenvalue weighted by Crippen LogP contribution is -2.30. The second kappa shape index (κ2) is 5.05. The lowest BCUT2D eigenvalue weighted by atomic mass is 9.67. The van der Waals surface area contributed by atoms with E-state index in [0.29, 0.717) is 5.92 Å². The van der Waals surface area contributed by atoms with Crippen LogP contribution < -0.4 is 0 Å². The first-order chi connectivity index (χ1) is 8.21. The molecule has 0 amide bonds. The van der Waals surface area contributed by atoms with Gasteiger partial charge in [-0.2, -0.15) is 0 Å². The molecule has 1 aromatic carbocycles. The van der Waals surface area contributed by atoms with E-state index in [0.717, 1.165) is 6.42 Å². The smallest absolute Gasteiger partial charge is 0.0525 e. The van der Waals surface area contributed by atoms with E-state index in [-0.39, 0.29) is 12.0 Å². The molecule has 1 nitrogen and oxygen atoms in total. The van der Waals surface area contributed by atoms with Crippen molar-refractivity contribution < 1.29 is 5.11 Å². The molecule has 0 unspecified atom stereocenters. The van der Waals surface area contributed by atoms with Gasteiger partial charge in [-0.3, -0.25) is 0 Å². The molecule has 0 aromatic heterocycles. The van der Waals surface area contributed by atoms with Crippen LogP contribution in [0.15, 0.2) is 30.3 Å². The van der Waals surface area contributed by atoms with Crippen molar-refractivity contribution in [2.45, 2.75) is 39.0 Å². The summed E-state index contributed by atoms with van der Waals surface area (Å²) in [7, 11) is 0. The van der Waals surface area contributed by atoms with Gasteiger partial charge in [0.1, 0.15) is 0 Å². The fourth-order valence-electron chi connectivity index (χ4n) is 2.79. The standard InChI is InChI=1S/C16H22O/c1-3-4-9-15-14-8-6-5-7-13(14)10-11-16(15,2)12-17/h5-8,10-11,15,17H,3-4,9,12H2,1-2H3/t15-,16-/m1/s1. The molecule has 0 saturated heterocycles. The second-order valence-electron chi connectivity index (χ2n) is 5.32. The third kappa shape index (κ3) is 2.30. The number of hydrogen-bond donors (Lipinski definition) is 1. The van der Waals surface area contributed by atoms with Gasteiger partial charge >= 0.3 is 0 Å². The summed E-state index contributed by atoms with van der Waals surface area (Å²) >= 11 is 0. The normalized spacial score (nSPS) is 26.9. The highest BCUT2D eigenvalue weighted by molar-refractivity contribution is 5.59. The van der Waals surface area contributed by atoms with Crippen molar-refractivity contribution in [2.24, 2.45) is 5.41 Å². The van der Waals surface area contributed by atoms with Gasteiger partial charge in [0.05, 0.1) is 6.61 Å². The van der Waals surface area contributed by atoms with Crippen molar-refractivity contribution in [1.29, 1.82) is 0 Å². The zero-order valence-corrected chi connectivity index (χ0v) is 10.8. The molecule has 0 spiro atoms. The van der Waals surface area contributed by atoms with Gasteiger partial charge in [-0.15, -0.1) is 0 Å². The molecule has 1 N–H and O–H groups in total. The van der Waals surface area contributed by atoms with Gasteiger partial charge in [-0.05, 0) is 23.5 Å². The Balaban J connectivity index is 2.37. The SMILES string of the molecule is CCCC[C@@H]1c2ccccc2C=C[C@]1(C)CO. The maximum Gasteiger partial charge on any atom is 0.0525 e. The summed E-state index contributed by atoms with van der Waals surface area (Å²) in [5.74, 6) is 0.452. The topological polar surface area (TPSA) is 20.2 Å². The Labute approximate surface area is 104 Å². The fraction of sp³-hybridized carbons (Fsp3) is 0.500. The minimum absolute atomic E-state index is 0.0937. The molecule has 0 aliphatic heterocycles. The number of rotatable bonds is 4. The third-order valence-electron chi connectivity index (χ3n) is 4.00. The highest BCUT2D eigenvalue weighted by Gasteiger charge is 2.35. The van der Waals surface area contributed by atoms with E-state index in [2.05, 4.69) is 50.3 Å².